The van der Waals surface area contributed by atoms with Crippen LogP contribution >= 0.6 is 0 Å². The topological polar surface area (TPSA) is 56.1 Å². The van der Waals surface area contributed by atoms with Gasteiger partial charge in [-0.3, -0.25) is 4.79 Å². The minimum Gasteiger partial charge on any atom is -0.497 e. The smallest absolute Gasteiger partial charge is 0.240 e. The number of imidazole rings is 1. The average molecular weight is 287 g/mol. The number of rotatable bonds is 6. The van der Waals surface area contributed by atoms with E-state index in [4.69, 9.17) is 4.74 Å². The van der Waals surface area contributed by atoms with Gasteiger partial charge < -0.3 is 14.6 Å². The van der Waals surface area contributed by atoms with Crippen LogP contribution in [-0.4, -0.2) is 22.6 Å². The van der Waals surface area contributed by atoms with Gasteiger partial charge in [0, 0.05) is 12.7 Å². The Hall–Kier alpha value is -2.30. The maximum atomic E-state index is 11.9. The van der Waals surface area contributed by atoms with Gasteiger partial charge in [-0.25, -0.2) is 4.98 Å². The monoisotopic (exact) mass is 287 g/mol. The highest BCUT2D eigenvalue weighted by Crippen LogP contribution is 2.12. The molecule has 2 rings (SSSR count). The molecule has 0 saturated heterocycles. The van der Waals surface area contributed by atoms with Gasteiger partial charge in [0.2, 0.25) is 5.91 Å². The minimum absolute atomic E-state index is 0.0365. The molecule has 21 heavy (non-hydrogen) atoms. The van der Waals surface area contributed by atoms with E-state index in [0.717, 1.165) is 17.0 Å². The number of nitrogens with zero attached hydrogens (tertiary/aromatic N) is 2. The molecule has 0 radical (unpaired) electrons. The normalized spacial score (nSPS) is 10.7. The number of aromatic nitrogens is 2. The van der Waals surface area contributed by atoms with E-state index in [9.17, 15) is 4.79 Å². The standard InChI is InChI=1S/C16H21N3O2/c1-12(2)15-9-19(11-18-15)10-16(20)17-8-13-5-4-6-14(7-13)21-3/h4-7,9,11-12H,8,10H2,1-3H3,(H,17,20). The number of benzene rings is 1. The highest BCUT2D eigenvalue weighted by molar-refractivity contribution is 5.75. The number of carbonyl (C=O) groups excluding carboxylic acids is 1. The molecular formula is C16H21N3O2. The van der Waals surface area contributed by atoms with Crippen LogP contribution in [0.1, 0.15) is 31.0 Å². The Kier molecular flexibility index (Phi) is 4.98. The molecule has 1 N–H and O–H groups in total. The van der Waals surface area contributed by atoms with Gasteiger partial charge in [0.1, 0.15) is 12.3 Å². The van der Waals surface area contributed by atoms with Crippen LogP contribution in [0, 0.1) is 0 Å². The van der Waals surface area contributed by atoms with E-state index in [2.05, 4.69) is 24.1 Å². The number of carbonyl (C=O) groups is 1. The summed E-state index contributed by atoms with van der Waals surface area (Å²) in [6.07, 6.45) is 3.61. The van der Waals surface area contributed by atoms with Crippen molar-refractivity contribution >= 4 is 5.91 Å². The van der Waals surface area contributed by atoms with Gasteiger partial charge in [-0.1, -0.05) is 26.0 Å². The van der Waals surface area contributed by atoms with Crippen molar-refractivity contribution in [2.45, 2.75) is 32.9 Å². The summed E-state index contributed by atoms with van der Waals surface area (Å²) < 4.78 is 6.96. The second kappa shape index (κ2) is 6.92. The summed E-state index contributed by atoms with van der Waals surface area (Å²) in [6, 6.07) is 7.65. The van der Waals surface area contributed by atoms with Gasteiger partial charge >= 0.3 is 0 Å². The van der Waals surface area contributed by atoms with Gasteiger partial charge in [0.15, 0.2) is 0 Å². The highest BCUT2D eigenvalue weighted by atomic mass is 16.5. The van der Waals surface area contributed by atoms with E-state index in [1.165, 1.54) is 0 Å². The van der Waals surface area contributed by atoms with Crippen LogP contribution in [0.15, 0.2) is 36.8 Å². The van der Waals surface area contributed by atoms with Crippen molar-refractivity contribution in [3.8, 4) is 5.75 Å². The van der Waals surface area contributed by atoms with Crippen LogP contribution in [0.3, 0.4) is 0 Å². The molecule has 0 atom stereocenters. The van der Waals surface area contributed by atoms with Crippen molar-refractivity contribution in [1.82, 2.24) is 14.9 Å². The summed E-state index contributed by atoms with van der Waals surface area (Å²) in [4.78, 5) is 16.2. The van der Waals surface area contributed by atoms with Crippen LogP contribution in [0.2, 0.25) is 0 Å². The molecule has 0 spiro atoms. The lowest BCUT2D eigenvalue weighted by Crippen LogP contribution is -2.26. The Labute approximate surface area is 125 Å². The van der Waals surface area contributed by atoms with Crippen molar-refractivity contribution in [2.75, 3.05) is 7.11 Å². The lowest BCUT2D eigenvalue weighted by molar-refractivity contribution is -0.121. The molecule has 1 aromatic heterocycles. The second-order valence-electron chi connectivity index (χ2n) is 5.25. The number of amides is 1. The molecule has 2 aromatic rings. The zero-order valence-corrected chi connectivity index (χ0v) is 12.7. The molecule has 0 saturated carbocycles. The molecule has 1 amide bonds. The number of methoxy groups -OCH3 is 1. The predicted molar refractivity (Wildman–Crippen MR) is 81.2 cm³/mol. The third-order valence-electron chi connectivity index (χ3n) is 3.19. The van der Waals surface area contributed by atoms with Crippen LogP contribution in [-0.2, 0) is 17.9 Å². The lowest BCUT2D eigenvalue weighted by atomic mass is 10.2. The molecule has 1 heterocycles. The Morgan fingerprint density at radius 2 is 2.24 bits per heavy atom. The van der Waals surface area contributed by atoms with Gasteiger partial charge in [-0.15, -0.1) is 0 Å². The molecule has 5 nitrogen and oxygen atoms in total. The zero-order chi connectivity index (χ0) is 15.2. The third kappa shape index (κ3) is 4.34. The van der Waals surface area contributed by atoms with E-state index >= 15 is 0 Å². The van der Waals surface area contributed by atoms with E-state index in [1.807, 2.05) is 30.5 Å². The summed E-state index contributed by atoms with van der Waals surface area (Å²) in [6.45, 7) is 4.93. The van der Waals surface area contributed by atoms with Gasteiger partial charge in [-0.2, -0.15) is 0 Å². The number of hydrogen-bond donors (Lipinski definition) is 1. The molecule has 5 heteroatoms. The molecule has 0 unspecified atom stereocenters. The van der Waals surface area contributed by atoms with Gasteiger partial charge in [0.25, 0.3) is 0 Å². The molecule has 0 bridgehead atoms. The van der Waals surface area contributed by atoms with Crippen molar-refractivity contribution in [3.05, 3.63) is 48.0 Å². The third-order valence-corrected chi connectivity index (χ3v) is 3.19. The fraction of sp³-hybridized carbons (Fsp3) is 0.375. The molecule has 0 aliphatic rings. The molecule has 0 fully saturated rings. The molecular weight excluding hydrogens is 266 g/mol. The summed E-state index contributed by atoms with van der Waals surface area (Å²) in [5.74, 6) is 1.12. The van der Waals surface area contributed by atoms with Crippen molar-refractivity contribution in [1.29, 1.82) is 0 Å². The summed E-state index contributed by atoms with van der Waals surface area (Å²) >= 11 is 0. The summed E-state index contributed by atoms with van der Waals surface area (Å²) in [7, 11) is 1.63. The number of ether oxygens (including phenoxy) is 1. The van der Waals surface area contributed by atoms with Gasteiger partial charge in [0.05, 0.1) is 19.1 Å². The minimum atomic E-state index is -0.0365. The van der Waals surface area contributed by atoms with Crippen LogP contribution in [0.25, 0.3) is 0 Å². The maximum absolute atomic E-state index is 11.9. The maximum Gasteiger partial charge on any atom is 0.240 e. The Morgan fingerprint density at radius 1 is 1.43 bits per heavy atom. The Bertz CT molecular complexity index is 605. The predicted octanol–water partition coefficient (Wildman–Crippen LogP) is 2.33. The van der Waals surface area contributed by atoms with Gasteiger partial charge in [-0.05, 0) is 23.6 Å². The fourth-order valence-electron chi connectivity index (χ4n) is 1.97. The largest absolute Gasteiger partial charge is 0.497 e. The Morgan fingerprint density at radius 3 is 2.90 bits per heavy atom. The first-order valence-corrected chi connectivity index (χ1v) is 7.00. The van der Waals surface area contributed by atoms with Crippen LogP contribution in [0.5, 0.6) is 5.75 Å². The van der Waals surface area contributed by atoms with Crippen molar-refractivity contribution < 1.29 is 9.53 Å². The van der Waals surface area contributed by atoms with Crippen molar-refractivity contribution in [2.24, 2.45) is 0 Å². The SMILES string of the molecule is COc1cccc(CNC(=O)Cn2cnc(C(C)C)c2)c1. The van der Waals surface area contributed by atoms with Crippen molar-refractivity contribution in [3.63, 3.8) is 0 Å². The van der Waals surface area contributed by atoms with Crippen LogP contribution in [0.4, 0.5) is 0 Å². The lowest BCUT2D eigenvalue weighted by Gasteiger charge is -2.07. The highest BCUT2D eigenvalue weighted by Gasteiger charge is 2.07. The average Bonchev–Trinajstić information content (AvgIpc) is 2.94. The first-order valence-electron chi connectivity index (χ1n) is 7.00. The number of hydrogen-bond acceptors (Lipinski definition) is 3. The molecule has 1 aromatic carbocycles. The zero-order valence-electron chi connectivity index (χ0n) is 12.7. The first kappa shape index (κ1) is 15.1. The first-order chi connectivity index (χ1) is 10.1. The quantitative estimate of drug-likeness (QED) is 0.887. The molecule has 0 aliphatic heterocycles. The number of nitrogens with one attached hydrogen (secondary N) is 1. The van der Waals surface area contributed by atoms with E-state index in [0.29, 0.717) is 12.5 Å². The molecule has 112 valence electrons. The second-order valence-corrected chi connectivity index (χ2v) is 5.25. The fourth-order valence-corrected chi connectivity index (χ4v) is 1.97. The van der Waals surface area contributed by atoms with E-state index in [-0.39, 0.29) is 12.5 Å². The van der Waals surface area contributed by atoms with Crippen LogP contribution < -0.4 is 10.1 Å². The molecule has 0 aliphatic carbocycles. The summed E-state index contributed by atoms with van der Waals surface area (Å²) in [5, 5.41) is 2.89. The van der Waals surface area contributed by atoms with E-state index < -0.39 is 0 Å². The Balaban J connectivity index is 1.86. The summed E-state index contributed by atoms with van der Waals surface area (Å²) in [5.41, 5.74) is 2.01. The van der Waals surface area contributed by atoms with E-state index in [1.54, 1.807) is 18.0 Å².